The first-order valence-electron chi connectivity index (χ1n) is 8.04. The third-order valence-corrected chi connectivity index (χ3v) is 5.08. The van der Waals surface area contributed by atoms with Crippen molar-refractivity contribution in [1.82, 2.24) is 4.90 Å². The van der Waals surface area contributed by atoms with E-state index in [9.17, 15) is 9.59 Å². The zero-order valence-electron chi connectivity index (χ0n) is 14.1. The number of carbonyl (C=O) groups excluding carboxylic acids is 2. The maximum absolute atomic E-state index is 12.5. The number of ether oxygens (including phenoxy) is 1. The van der Waals surface area contributed by atoms with Crippen LogP contribution in [0.4, 0.5) is 10.5 Å². The first-order valence-corrected chi connectivity index (χ1v) is 9.65. The minimum absolute atomic E-state index is 0.121. The molecule has 134 valence electrons. The normalized spacial score (nSPS) is 15.6. The highest BCUT2D eigenvalue weighted by Gasteiger charge is 2.34. The molecule has 0 aliphatic carbocycles. The Labute approximate surface area is 164 Å². The Hall–Kier alpha value is -2.25. The lowest BCUT2D eigenvalue weighted by Crippen LogP contribution is -2.33. The summed E-state index contributed by atoms with van der Waals surface area (Å²) in [5.74, 6) is 0.489. The minimum Gasteiger partial charge on any atom is -0.494 e. The van der Waals surface area contributed by atoms with E-state index in [-0.39, 0.29) is 17.8 Å². The molecule has 7 heteroatoms. The van der Waals surface area contributed by atoms with E-state index in [4.69, 9.17) is 4.74 Å². The molecule has 0 radical (unpaired) electrons. The Morgan fingerprint density at radius 1 is 1.12 bits per heavy atom. The fraction of sp³-hybridized carbons (Fsp3) is 0.158. The summed E-state index contributed by atoms with van der Waals surface area (Å²) >= 11 is 4.33. The van der Waals surface area contributed by atoms with Crippen molar-refractivity contribution in [2.45, 2.75) is 6.92 Å². The van der Waals surface area contributed by atoms with Gasteiger partial charge in [0.25, 0.3) is 11.1 Å². The molecule has 5 nitrogen and oxygen atoms in total. The Morgan fingerprint density at radius 2 is 1.81 bits per heavy atom. The summed E-state index contributed by atoms with van der Waals surface area (Å²) in [6.07, 6.45) is 1.73. The topological polar surface area (TPSA) is 58.6 Å². The summed E-state index contributed by atoms with van der Waals surface area (Å²) in [6.45, 7) is 2.65. The molecule has 0 unspecified atom stereocenters. The number of nitrogens with one attached hydrogen (secondary N) is 1. The number of benzene rings is 2. The summed E-state index contributed by atoms with van der Waals surface area (Å²) in [5.41, 5.74) is 1.68. The van der Waals surface area contributed by atoms with Gasteiger partial charge >= 0.3 is 0 Å². The van der Waals surface area contributed by atoms with E-state index in [1.165, 1.54) is 4.90 Å². The van der Waals surface area contributed by atoms with Crippen LogP contribution in [0.1, 0.15) is 12.5 Å². The van der Waals surface area contributed by atoms with Crippen LogP contribution >= 0.6 is 27.7 Å². The predicted molar refractivity (Wildman–Crippen MR) is 108 cm³/mol. The van der Waals surface area contributed by atoms with Crippen LogP contribution in [-0.2, 0) is 4.79 Å². The van der Waals surface area contributed by atoms with Crippen molar-refractivity contribution in [3.8, 4) is 5.75 Å². The minimum atomic E-state index is -0.290. The summed E-state index contributed by atoms with van der Waals surface area (Å²) in [6, 6.07) is 14.9. The number of anilines is 1. The van der Waals surface area contributed by atoms with Crippen LogP contribution in [0.3, 0.4) is 0 Å². The smallest absolute Gasteiger partial charge is 0.295 e. The highest BCUT2D eigenvalue weighted by molar-refractivity contribution is 9.10. The second kappa shape index (κ2) is 8.42. The molecule has 2 aromatic rings. The predicted octanol–water partition coefficient (Wildman–Crippen LogP) is 4.95. The van der Waals surface area contributed by atoms with Crippen molar-refractivity contribution >= 4 is 50.6 Å². The lowest BCUT2D eigenvalue weighted by Gasteiger charge is -2.14. The maximum atomic E-state index is 12.5. The van der Waals surface area contributed by atoms with Crippen molar-refractivity contribution in [1.29, 1.82) is 0 Å². The fourth-order valence-electron chi connectivity index (χ4n) is 2.35. The largest absolute Gasteiger partial charge is 0.494 e. The molecule has 1 fully saturated rings. The summed E-state index contributed by atoms with van der Waals surface area (Å²) in [7, 11) is 0. The van der Waals surface area contributed by atoms with Gasteiger partial charge in [0, 0.05) is 10.2 Å². The summed E-state index contributed by atoms with van der Waals surface area (Å²) in [5, 5.41) is 2.81. The first-order chi connectivity index (χ1) is 12.6. The molecule has 26 heavy (non-hydrogen) atoms. The number of hydrogen-bond donors (Lipinski definition) is 1. The van der Waals surface area contributed by atoms with Crippen LogP contribution in [-0.4, -0.2) is 29.3 Å². The molecule has 1 heterocycles. The van der Waals surface area contributed by atoms with Crippen LogP contribution in [0.2, 0.25) is 0 Å². The van der Waals surface area contributed by atoms with E-state index < -0.39 is 0 Å². The molecule has 2 aromatic carbocycles. The molecule has 0 spiro atoms. The van der Waals surface area contributed by atoms with Gasteiger partial charge in [-0.2, -0.15) is 0 Å². The van der Waals surface area contributed by atoms with Crippen molar-refractivity contribution in [3.05, 3.63) is 63.5 Å². The number of nitrogens with zero attached hydrogens (tertiary/aromatic N) is 1. The average Bonchev–Trinajstić information content (AvgIpc) is 2.90. The molecule has 3 rings (SSSR count). The molecule has 2 amide bonds. The summed E-state index contributed by atoms with van der Waals surface area (Å²) in [4.78, 5) is 26.3. The Kier molecular flexibility index (Phi) is 6.00. The van der Waals surface area contributed by atoms with Gasteiger partial charge in [-0.25, -0.2) is 0 Å². The number of hydrogen-bond acceptors (Lipinski definition) is 5. The monoisotopic (exact) mass is 432 g/mol. The van der Waals surface area contributed by atoms with Crippen LogP contribution in [0.25, 0.3) is 6.08 Å². The molecule has 0 aromatic heterocycles. The molecule has 0 atom stereocenters. The second-order valence-corrected chi connectivity index (χ2v) is 7.36. The summed E-state index contributed by atoms with van der Waals surface area (Å²) < 4.78 is 6.35. The quantitative estimate of drug-likeness (QED) is 0.653. The fourth-order valence-corrected chi connectivity index (χ4v) is 3.46. The van der Waals surface area contributed by atoms with Crippen LogP contribution in [0.5, 0.6) is 5.75 Å². The number of thioether (sulfide) groups is 1. The molecule has 1 aliphatic heterocycles. The number of rotatable bonds is 6. The third-order valence-electron chi connectivity index (χ3n) is 3.65. The average molecular weight is 433 g/mol. The van der Waals surface area contributed by atoms with Gasteiger partial charge in [0.05, 0.1) is 18.2 Å². The zero-order chi connectivity index (χ0) is 18.5. The Balaban J connectivity index is 1.64. The van der Waals surface area contributed by atoms with Gasteiger partial charge in [0.1, 0.15) is 5.75 Å². The third kappa shape index (κ3) is 4.47. The molecule has 1 saturated heterocycles. The van der Waals surface area contributed by atoms with Crippen molar-refractivity contribution in [2.75, 3.05) is 18.6 Å². The number of carbonyl (C=O) groups is 2. The number of imide groups is 1. The standard InChI is InChI=1S/C19H17BrN2O3S/c1-2-25-16-9-7-15(8-10-16)21-12-22-18(23)17(26-19(22)24)11-13-3-5-14(20)6-4-13/h3-11,21H,2,12H2,1H3/b17-11-. The lowest BCUT2D eigenvalue weighted by molar-refractivity contribution is -0.122. The molecular formula is C19H17BrN2O3S. The van der Waals surface area contributed by atoms with E-state index in [0.29, 0.717) is 11.5 Å². The SMILES string of the molecule is CCOc1ccc(NCN2C(=O)S/C(=C\c3ccc(Br)cc3)C2=O)cc1. The van der Waals surface area contributed by atoms with Gasteiger partial charge < -0.3 is 10.1 Å². The molecule has 1 N–H and O–H groups in total. The van der Waals surface area contributed by atoms with Gasteiger partial charge in [-0.1, -0.05) is 28.1 Å². The molecular weight excluding hydrogens is 416 g/mol. The van der Waals surface area contributed by atoms with Gasteiger partial charge in [-0.15, -0.1) is 0 Å². The molecule has 0 saturated carbocycles. The van der Waals surface area contributed by atoms with E-state index in [1.807, 2.05) is 55.5 Å². The van der Waals surface area contributed by atoms with E-state index >= 15 is 0 Å². The Morgan fingerprint density at radius 3 is 2.46 bits per heavy atom. The second-order valence-electron chi connectivity index (χ2n) is 5.45. The number of amides is 2. The van der Waals surface area contributed by atoms with Gasteiger partial charge in [0.15, 0.2) is 0 Å². The van der Waals surface area contributed by atoms with Crippen LogP contribution < -0.4 is 10.1 Å². The lowest BCUT2D eigenvalue weighted by atomic mass is 10.2. The molecule has 0 bridgehead atoms. The van der Waals surface area contributed by atoms with Crippen molar-refractivity contribution in [3.63, 3.8) is 0 Å². The van der Waals surface area contributed by atoms with Gasteiger partial charge in [-0.3, -0.25) is 14.5 Å². The highest BCUT2D eigenvalue weighted by atomic mass is 79.9. The highest BCUT2D eigenvalue weighted by Crippen LogP contribution is 2.32. The molecule has 1 aliphatic rings. The van der Waals surface area contributed by atoms with Gasteiger partial charge in [-0.05, 0) is 66.7 Å². The van der Waals surface area contributed by atoms with E-state index in [0.717, 1.165) is 33.2 Å². The maximum Gasteiger partial charge on any atom is 0.295 e. The van der Waals surface area contributed by atoms with Crippen LogP contribution in [0, 0.1) is 0 Å². The van der Waals surface area contributed by atoms with Gasteiger partial charge in [0.2, 0.25) is 0 Å². The first kappa shape index (κ1) is 18.5. The number of halogens is 1. The Bertz CT molecular complexity index is 835. The van der Waals surface area contributed by atoms with Crippen molar-refractivity contribution in [2.24, 2.45) is 0 Å². The van der Waals surface area contributed by atoms with Crippen molar-refractivity contribution < 1.29 is 14.3 Å². The van der Waals surface area contributed by atoms with E-state index in [2.05, 4.69) is 21.2 Å². The van der Waals surface area contributed by atoms with E-state index in [1.54, 1.807) is 6.08 Å². The van der Waals surface area contributed by atoms with Crippen LogP contribution in [0.15, 0.2) is 57.9 Å². The zero-order valence-corrected chi connectivity index (χ0v) is 16.5.